The van der Waals surface area contributed by atoms with Gasteiger partial charge in [0.1, 0.15) is 0 Å². The second-order valence-corrected chi connectivity index (χ2v) is 2.81. The molecule has 0 aliphatic rings. The molecule has 0 amide bonds. The molecule has 0 saturated heterocycles. The maximum atomic E-state index is 5.61. The van der Waals surface area contributed by atoms with Gasteiger partial charge >= 0.3 is 0 Å². The molecule has 0 aromatic rings. The van der Waals surface area contributed by atoms with Gasteiger partial charge in [-0.05, 0) is 20.5 Å². The minimum atomic E-state index is 0.713. The maximum Gasteiger partial charge on any atom is 0.0306 e. The van der Waals surface area contributed by atoms with Crippen molar-refractivity contribution in [3.05, 3.63) is 10.6 Å². The van der Waals surface area contributed by atoms with E-state index in [9.17, 15) is 0 Å². The first kappa shape index (κ1) is 9.28. The van der Waals surface area contributed by atoms with Crippen molar-refractivity contribution in [3.63, 3.8) is 0 Å². The van der Waals surface area contributed by atoms with Crippen LogP contribution in [0.25, 0.3) is 0 Å². The smallest absolute Gasteiger partial charge is 0.0306 e. The molecule has 0 aliphatic heterocycles. The van der Waals surface area contributed by atoms with Crippen LogP contribution in [0.15, 0.2) is 10.6 Å². The van der Waals surface area contributed by atoms with Gasteiger partial charge in [-0.15, -0.1) is 0 Å². The summed E-state index contributed by atoms with van der Waals surface area (Å²) in [5.74, 6) is 0. The highest BCUT2D eigenvalue weighted by atomic mass is 35.5. The third-order valence-corrected chi connectivity index (χ3v) is 1.59. The van der Waals surface area contributed by atoms with Crippen LogP contribution in [0, 0.1) is 0 Å². The molecule has 0 heterocycles. The van der Waals surface area contributed by atoms with Crippen molar-refractivity contribution >= 4 is 23.2 Å². The number of halogens is 2. The molecule has 0 fully saturated rings. The molecule has 3 heteroatoms. The second kappa shape index (κ2) is 5.10. The first-order chi connectivity index (χ1) is 4.16. The third-order valence-electron chi connectivity index (χ3n) is 0.916. The summed E-state index contributed by atoms with van der Waals surface area (Å²) >= 11 is 10.9. The highest BCUT2D eigenvalue weighted by Crippen LogP contribution is 2.07. The lowest BCUT2D eigenvalue weighted by Crippen LogP contribution is -2.12. The van der Waals surface area contributed by atoms with Crippen molar-refractivity contribution in [2.75, 3.05) is 20.6 Å². The normalized spacial score (nSPS) is 12.8. The van der Waals surface area contributed by atoms with Crippen molar-refractivity contribution in [2.45, 2.75) is 6.42 Å². The lowest BCUT2D eigenvalue weighted by atomic mass is 10.4. The van der Waals surface area contributed by atoms with Gasteiger partial charge in [-0.3, -0.25) is 0 Å². The van der Waals surface area contributed by atoms with Crippen LogP contribution in [-0.2, 0) is 0 Å². The largest absolute Gasteiger partial charge is 0.309 e. The SMILES string of the molecule is CN(C)CC/C(Cl)=C\Cl. The Morgan fingerprint density at radius 2 is 2.11 bits per heavy atom. The van der Waals surface area contributed by atoms with Gasteiger partial charge in [-0.25, -0.2) is 0 Å². The molecule has 0 spiro atoms. The molecule has 54 valence electrons. The van der Waals surface area contributed by atoms with E-state index in [0.29, 0.717) is 5.03 Å². The van der Waals surface area contributed by atoms with Crippen molar-refractivity contribution in [1.29, 1.82) is 0 Å². The quantitative estimate of drug-likeness (QED) is 0.624. The summed E-state index contributed by atoms with van der Waals surface area (Å²) in [7, 11) is 4.00. The molecule has 0 saturated carbocycles. The first-order valence-electron chi connectivity index (χ1n) is 2.76. The average molecular weight is 168 g/mol. The zero-order valence-electron chi connectivity index (χ0n) is 5.69. The van der Waals surface area contributed by atoms with Gasteiger partial charge in [0.2, 0.25) is 0 Å². The Labute approximate surface area is 66.2 Å². The molecule has 0 unspecified atom stereocenters. The maximum absolute atomic E-state index is 5.61. The van der Waals surface area contributed by atoms with E-state index in [4.69, 9.17) is 23.2 Å². The summed E-state index contributed by atoms with van der Waals surface area (Å²) in [5.41, 5.74) is 1.41. The first-order valence-corrected chi connectivity index (χ1v) is 3.57. The van der Waals surface area contributed by atoms with Gasteiger partial charge in [0.05, 0.1) is 0 Å². The van der Waals surface area contributed by atoms with E-state index in [0.717, 1.165) is 13.0 Å². The van der Waals surface area contributed by atoms with Crippen LogP contribution in [0.1, 0.15) is 6.42 Å². The highest BCUT2D eigenvalue weighted by Gasteiger charge is 1.92. The van der Waals surface area contributed by atoms with Crippen molar-refractivity contribution in [1.82, 2.24) is 4.90 Å². The molecule has 9 heavy (non-hydrogen) atoms. The van der Waals surface area contributed by atoms with E-state index in [-0.39, 0.29) is 0 Å². The summed E-state index contributed by atoms with van der Waals surface area (Å²) < 4.78 is 0. The van der Waals surface area contributed by atoms with E-state index in [1.54, 1.807) is 0 Å². The van der Waals surface area contributed by atoms with Gasteiger partial charge in [0.25, 0.3) is 0 Å². The fraction of sp³-hybridized carbons (Fsp3) is 0.667. The van der Waals surface area contributed by atoms with E-state index < -0.39 is 0 Å². The molecule has 0 atom stereocenters. The van der Waals surface area contributed by atoms with Gasteiger partial charge in [-0.2, -0.15) is 0 Å². The molecule has 0 bridgehead atoms. The van der Waals surface area contributed by atoms with Gasteiger partial charge in [-0.1, -0.05) is 23.2 Å². The molecule has 0 rings (SSSR count). The minimum Gasteiger partial charge on any atom is -0.309 e. The molecule has 0 radical (unpaired) electrons. The molecule has 0 N–H and O–H groups in total. The zero-order valence-corrected chi connectivity index (χ0v) is 7.21. The van der Waals surface area contributed by atoms with Crippen LogP contribution >= 0.6 is 23.2 Å². The fourth-order valence-corrected chi connectivity index (χ4v) is 0.579. The molecule has 0 aliphatic carbocycles. The van der Waals surface area contributed by atoms with Crippen molar-refractivity contribution < 1.29 is 0 Å². The summed E-state index contributed by atoms with van der Waals surface area (Å²) in [6.07, 6.45) is 0.831. The molecule has 0 aromatic carbocycles. The Morgan fingerprint density at radius 1 is 1.56 bits per heavy atom. The minimum absolute atomic E-state index is 0.713. The zero-order chi connectivity index (χ0) is 7.28. The standard InChI is InChI=1S/C6H11Cl2N/c1-9(2)4-3-6(8)5-7/h5H,3-4H2,1-2H3/b6-5+. The molecule has 1 nitrogen and oxygen atoms in total. The van der Waals surface area contributed by atoms with E-state index in [1.807, 2.05) is 14.1 Å². The summed E-state index contributed by atoms with van der Waals surface area (Å²) in [6.45, 7) is 0.946. The highest BCUT2D eigenvalue weighted by molar-refractivity contribution is 6.36. The monoisotopic (exact) mass is 167 g/mol. The van der Waals surface area contributed by atoms with Crippen LogP contribution in [0.3, 0.4) is 0 Å². The predicted molar refractivity (Wildman–Crippen MR) is 43.0 cm³/mol. The van der Waals surface area contributed by atoms with Crippen molar-refractivity contribution in [2.24, 2.45) is 0 Å². The van der Waals surface area contributed by atoms with E-state index in [2.05, 4.69) is 4.90 Å². The van der Waals surface area contributed by atoms with Gasteiger partial charge in [0, 0.05) is 17.1 Å². The van der Waals surface area contributed by atoms with Gasteiger partial charge in [0.15, 0.2) is 0 Å². The molecular formula is C6H11Cl2N. The van der Waals surface area contributed by atoms with Crippen LogP contribution in [0.2, 0.25) is 0 Å². The van der Waals surface area contributed by atoms with Gasteiger partial charge < -0.3 is 4.90 Å². The second-order valence-electron chi connectivity index (χ2n) is 2.11. The average Bonchev–Trinajstić information content (AvgIpc) is 1.83. The number of hydrogen-bond donors (Lipinski definition) is 0. The third kappa shape index (κ3) is 6.16. The Bertz CT molecular complexity index is 99.2. The van der Waals surface area contributed by atoms with E-state index >= 15 is 0 Å². The Kier molecular flexibility index (Phi) is 5.25. The molecule has 0 aromatic heterocycles. The summed E-state index contributed by atoms with van der Waals surface area (Å²) in [6, 6.07) is 0. The number of nitrogens with zero attached hydrogens (tertiary/aromatic N) is 1. The topological polar surface area (TPSA) is 3.24 Å². The predicted octanol–water partition coefficient (Wildman–Crippen LogP) is 2.26. The van der Waals surface area contributed by atoms with Crippen molar-refractivity contribution in [3.8, 4) is 0 Å². The fourth-order valence-electron chi connectivity index (χ4n) is 0.385. The Balaban J connectivity index is 3.28. The van der Waals surface area contributed by atoms with Crippen LogP contribution in [0.4, 0.5) is 0 Å². The summed E-state index contributed by atoms with van der Waals surface area (Å²) in [4.78, 5) is 2.06. The Hall–Kier alpha value is 0.280. The number of rotatable bonds is 3. The van der Waals surface area contributed by atoms with Crippen LogP contribution in [-0.4, -0.2) is 25.5 Å². The van der Waals surface area contributed by atoms with Crippen LogP contribution < -0.4 is 0 Å². The number of hydrogen-bond acceptors (Lipinski definition) is 1. The van der Waals surface area contributed by atoms with E-state index in [1.165, 1.54) is 5.54 Å². The lowest BCUT2D eigenvalue weighted by Gasteiger charge is -2.06. The summed E-state index contributed by atoms with van der Waals surface area (Å²) in [5, 5.41) is 0.713. The molecular weight excluding hydrogens is 157 g/mol. The Morgan fingerprint density at radius 3 is 2.44 bits per heavy atom. The lowest BCUT2D eigenvalue weighted by molar-refractivity contribution is 0.416. The van der Waals surface area contributed by atoms with Crippen LogP contribution in [0.5, 0.6) is 0 Å².